The molecule has 0 heterocycles. The Morgan fingerprint density at radius 3 is 2.55 bits per heavy atom. The van der Waals surface area contributed by atoms with Crippen LogP contribution in [0.1, 0.15) is 32.8 Å². The summed E-state index contributed by atoms with van der Waals surface area (Å²) in [5.41, 5.74) is 7.57. The van der Waals surface area contributed by atoms with Crippen molar-refractivity contribution in [3.8, 4) is 0 Å². The first kappa shape index (κ1) is 16.7. The molecule has 0 bridgehead atoms. The average Bonchev–Trinajstić information content (AvgIpc) is 2.46. The predicted molar refractivity (Wildman–Crippen MR) is 84.5 cm³/mol. The Labute approximate surface area is 122 Å². The van der Waals surface area contributed by atoms with Gasteiger partial charge >= 0.3 is 0 Å². The average molecular weight is 277 g/mol. The number of nitrogens with zero attached hydrogens (tertiary/aromatic N) is 1. The van der Waals surface area contributed by atoms with E-state index in [2.05, 4.69) is 30.1 Å². The largest absolute Gasteiger partial charge is 0.330 e. The van der Waals surface area contributed by atoms with E-state index in [4.69, 9.17) is 5.73 Å². The molecule has 1 amide bonds. The van der Waals surface area contributed by atoms with Crippen LogP contribution in [0.15, 0.2) is 24.3 Å². The van der Waals surface area contributed by atoms with Crippen molar-refractivity contribution in [2.45, 2.75) is 33.7 Å². The van der Waals surface area contributed by atoms with Crippen LogP contribution in [-0.4, -0.2) is 30.4 Å². The summed E-state index contributed by atoms with van der Waals surface area (Å²) in [6, 6.07) is 8.00. The quantitative estimate of drug-likeness (QED) is 0.767. The van der Waals surface area contributed by atoms with Gasteiger partial charge in [0.1, 0.15) is 0 Å². The molecular formula is C16H27N3O. The molecule has 4 heteroatoms. The zero-order chi connectivity index (χ0) is 15.0. The van der Waals surface area contributed by atoms with Crippen LogP contribution in [-0.2, 0) is 11.3 Å². The third-order valence-corrected chi connectivity index (χ3v) is 3.61. The molecule has 0 saturated heterocycles. The van der Waals surface area contributed by atoms with Crippen LogP contribution in [0.2, 0.25) is 0 Å². The Morgan fingerprint density at radius 1 is 1.30 bits per heavy atom. The van der Waals surface area contributed by atoms with Crippen molar-refractivity contribution in [1.82, 2.24) is 4.90 Å². The van der Waals surface area contributed by atoms with E-state index in [9.17, 15) is 4.79 Å². The number of amides is 1. The number of carbonyl (C=O) groups is 1. The van der Waals surface area contributed by atoms with Crippen molar-refractivity contribution < 1.29 is 4.79 Å². The number of carbonyl (C=O) groups excluding carboxylic acids is 1. The maximum Gasteiger partial charge on any atom is 0.227 e. The van der Waals surface area contributed by atoms with E-state index in [0.717, 1.165) is 30.9 Å². The molecule has 0 aliphatic carbocycles. The Balaban J connectivity index is 2.77. The summed E-state index contributed by atoms with van der Waals surface area (Å²) in [5.74, 6) is -0.0102. The second-order valence-electron chi connectivity index (χ2n) is 5.09. The van der Waals surface area contributed by atoms with Crippen molar-refractivity contribution in [2.75, 3.05) is 25.0 Å². The molecule has 0 aliphatic heterocycles. The Kier molecular flexibility index (Phi) is 7.26. The van der Waals surface area contributed by atoms with E-state index in [1.165, 1.54) is 0 Å². The topological polar surface area (TPSA) is 58.4 Å². The lowest BCUT2D eigenvalue weighted by molar-refractivity contribution is -0.119. The van der Waals surface area contributed by atoms with Gasteiger partial charge in [0.15, 0.2) is 0 Å². The van der Waals surface area contributed by atoms with Crippen LogP contribution in [0.25, 0.3) is 0 Å². The van der Waals surface area contributed by atoms with Gasteiger partial charge < -0.3 is 11.1 Å². The molecule has 1 aromatic carbocycles. The highest BCUT2D eigenvalue weighted by molar-refractivity contribution is 5.93. The number of nitrogens with one attached hydrogen (secondary N) is 1. The minimum Gasteiger partial charge on any atom is -0.330 e. The molecule has 0 saturated carbocycles. The number of hydrogen-bond acceptors (Lipinski definition) is 3. The number of anilines is 1. The molecule has 1 unspecified atom stereocenters. The Morgan fingerprint density at radius 2 is 1.95 bits per heavy atom. The van der Waals surface area contributed by atoms with E-state index in [0.29, 0.717) is 13.0 Å². The normalized spacial score (nSPS) is 12.4. The van der Waals surface area contributed by atoms with Gasteiger partial charge in [0.05, 0.1) is 0 Å². The number of para-hydroxylation sites is 1. The molecule has 4 nitrogen and oxygen atoms in total. The summed E-state index contributed by atoms with van der Waals surface area (Å²) in [4.78, 5) is 14.4. The molecule has 3 N–H and O–H groups in total. The summed E-state index contributed by atoms with van der Waals surface area (Å²) < 4.78 is 0. The number of hydrogen-bond donors (Lipinski definition) is 2. The van der Waals surface area contributed by atoms with E-state index < -0.39 is 0 Å². The molecule has 1 aromatic rings. The molecular weight excluding hydrogens is 250 g/mol. The van der Waals surface area contributed by atoms with Gasteiger partial charge in [0, 0.05) is 18.2 Å². The summed E-state index contributed by atoms with van der Waals surface area (Å²) in [7, 11) is 0. The van der Waals surface area contributed by atoms with Crippen LogP contribution in [0.5, 0.6) is 0 Å². The van der Waals surface area contributed by atoms with Gasteiger partial charge in [-0.1, -0.05) is 39.0 Å². The second kappa shape index (κ2) is 8.72. The molecule has 0 aromatic heterocycles. The lowest BCUT2D eigenvalue weighted by Crippen LogP contribution is -2.25. The first-order chi connectivity index (χ1) is 9.62. The first-order valence-electron chi connectivity index (χ1n) is 7.43. The number of rotatable bonds is 8. The monoisotopic (exact) mass is 277 g/mol. The molecule has 20 heavy (non-hydrogen) atoms. The smallest absolute Gasteiger partial charge is 0.227 e. The number of nitrogens with two attached hydrogens (primary N) is 1. The molecule has 0 spiro atoms. The van der Waals surface area contributed by atoms with Gasteiger partial charge in [0.2, 0.25) is 5.91 Å². The van der Waals surface area contributed by atoms with Crippen LogP contribution >= 0.6 is 0 Å². The highest BCUT2D eigenvalue weighted by atomic mass is 16.1. The molecule has 112 valence electrons. The van der Waals surface area contributed by atoms with Crippen LogP contribution < -0.4 is 11.1 Å². The third kappa shape index (κ3) is 4.94. The van der Waals surface area contributed by atoms with Gasteiger partial charge in [-0.25, -0.2) is 0 Å². The first-order valence-corrected chi connectivity index (χ1v) is 7.43. The summed E-state index contributed by atoms with van der Waals surface area (Å²) in [6.45, 7) is 9.60. The van der Waals surface area contributed by atoms with Gasteiger partial charge in [0.25, 0.3) is 0 Å². The van der Waals surface area contributed by atoms with Gasteiger partial charge in [-0.2, -0.15) is 0 Å². The zero-order valence-corrected chi connectivity index (χ0v) is 12.9. The minimum absolute atomic E-state index is 0.0439. The highest BCUT2D eigenvalue weighted by Crippen LogP contribution is 2.18. The SMILES string of the molecule is CCN(CC)Cc1ccccc1NC(=O)C(C)CCN. The fourth-order valence-corrected chi connectivity index (χ4v) is 2.11. The fourth-order valence-electron chi connectivity index (χ4n) is 2.11. The van der Waals surface area contributed by atoms with Crippen LogP contribution in [0, 0.1) is 5.92 Å². The maximum atomic E-state index is 12.1. The van der Waals surface area contributed by atoms with Crippen LogP contribution in [0.3, 0.4) is 0 Å². The minimum atomic E-state index is -0.0542. The lowest BCUT2D eigenvalue weighted by Gasteiger charge is -2.21. The Bertz CT molecular complexity index is 416. The Hall–Kier alpha value is -1.39. The van der Waals surface area contributed by atoms with Crippen LogP contribution in [0.4, 0.5) is 5.69 Å². The predicted octanol–water partition coefficient (Wildman–Crippen LogP) is 2.45. The van der Waals surface area contributed by atoms with Crippen molar-refractivity contribution in [3.63, 3.8) is 0 Å². The fraction of sp³-hybridized carbons (Fsp3) is 0.562. The summed E-state index contributed by atoms with van der Waals surface area (Å²) in [6.07, 6.45) is 0.712. The van der Waals surface area contributed by atoms with Gasteiger partial charge in [-0.05, 0) is 37.7 Å². The lowest BCUT2D eigenvalue weighted by atomic mass is 10.1. The van der Waals surface area contributed by atoms with Crippen molar-refractivity contribution in [2.24, 2.45) is 11.7 Å². The summed E-state index contributed by atoms with van der Waals surface area (Å²) in [5, 5.41) is 3.03. The van der Waals surface area contributed by atoms with Crippen molar-refractivity contribution in [1.29, 1.82) is 0 Å². The molecule has 0 radical (unpaired) electrons. The van der Waals surface area contributed by atoms with Crippen molar-refractivity contribution in [3.05, 3.63) is 29.8 Å². The molecule has 0 aliphatic rings. The van der Waals surface area contributed by atoms with Crippen molar-refractivity contribution >= 4 is 11.6 Å². The van der Waals surface area contributed by atoms with E-state index in [-0.39, 0.29) is 11.8 Å². The number of benzene rings is 1. The maximum absolute atomic E-state index is 12.1. The van der Waals surface area contributed by atoms with E-state index in [1.807, 2.05) is 25.1 Å². The van der Waals surface area contributed by atoms with E-state index >= 15 is 0 Å². The second-order valence-corrected chi connectivity index (χ2v) is 5.09. The molecule has 0 fully saturated rings. The standard InChI is InChI=1S/C16H27N3O/c1-4-19(5-2)12-14-8-6-7-9-15(14)18-16(20)13(3)10-11-17/h6-9,13H,4-5,10-12,17H2,1-3H3,(H,18,20). The van der Waals surface area contributed by atoms with Gasteiger partial charge in [-0.15, -0.1) is 0 Å². The third-order valence-electron chi connectivity index (χ3n) is 3.61. The van der Waals surface area contributed by atoms with E-state index in [1.54, 1.807) is 0 Å². The molecule has 1 rings (SSSR count). The highest BCUT2D eigenvalue weighted by Gasteiger charge is 2.14. The zero-order valence-electron chi connectivity index (χ0n) is 12.9. The van der Waals surface area contributed by atoms with Gasteiger partial charge in [-0.3, -0.25) is 9.69 Å². The molecule has 1 atom stereocenters. The summed E-state index contributed by atoms with van der Waals surface area (Å²) >= 11 is 0.